The predicted molar refractivity (Wildman–Crippen MR) is 65.9 cm³/mol. The molecule has 6 nitrogen and oxygen atoms in total. The topological polar surface area (TPSA) is 84.3 Å². The molecule has 1 saturated heterocycles. The van der Waals surface area contributed by atoms with Crippen LogP contribution in [0.15, 0.2) is 12.1 Å². The molecule has 9 heteroatoms. The van der Waals surface area contributed by atoms with Crippen molar-refractivity contribution in [1.82, 2.24) is 5.32 Å². The summed E-state index contributed by atoms with van der Waals surface area (Å²) in [5.41, 5.74) is -1.29. The average molecular weight is 289 g/mol. The number of hydrogen-bond acceptors (Lipinski definition) is 5. The molecule has 1 fully saturated rings. The second kappa shape index (κ2) is 5.49. The fraction of sp³-hybridized carbons (Fsp3) is 0.300. The Hall–Kier alpha value is -1.74. The highest BCUT2D eigenvalue weighted by Gasteiger charge is 2.25. The molecule has 1 aromatic carbocycles. The zero-order valence-electron chi connectivity index (χ0n) is 9.48. The van der Waals surface area contributed by atoms with Gasteiger partial charge in [-0.25, -0.2) is 4.39 Å². The molecule has 1 amide bonds. The summed E-state index contributed by atoms with van der Waals surface area (Å²) >= 11 is 1.50. The van der Waals surface area contributed by atoms with Crippen LogP contribution in [-0.2, 0) is 4.79 Å². The highest BCUT2D eigenvalue weighted by molar-refractivity contribution is 7.99. The highest BCUT2D eigenvalue weighted by atomic mass is 32.2. The normalized spacial score (nSPS) is 18.3. The lowest BCUT2D eigenvalue weighted by Crippen LogP contribution is -2.37. The van der Waals surface area contributed by atoms with Crippen molar-refractivity contribution in [2.75, 3.05) is 16.9 Å². The maximum Gasteiger partial charge on any atom is 0.307 e. The molecule has 1 unspecified atom stereocenters. The van der Waals surface area contributed by atoms with Gasteiger partial charge in [0.1, 0.15) is 5.82 Å². The van der Waals surface area contributed by atoms with Crippen LogP contribution in [0.1, 0.15) is 0 Å². The smallest absolute Gasteiger partial charge is 0.307 e. The minimum absolute atomic E-state index is 0.380. The third kappa shape index (κ3) is 2.99. The van der Waals surface area contributed by atoms with Gasteiger partial charge in [0.25, 0.3) is 0 Å². The second-order valence-electron chi connectivity index (χ2n) is 3.80. The molecule has 0 aromatic heterocycles. The zero-order valence-corrected chi connectivity index (χ0v) is 10.3. The van der Waals surface area contributed by atoms with E-state index in [0.717, 1.165) is 0 Å². The van der Waals surface area contributed by atoms with E-state index in [-0.39, 0.29) is 0 Å². The fourth-order valence-electron chi connectivity index (χ4n) is 1.56. The van der Waals surface area contributed by atoms with Crippen LogP contribution < -0.4 is 10.6 Å². The summed E-state index contributed by atoms with van der Waals surface area (Å²) in [7, 11) is 0. The number of anilines is 1. The number of halogens is 2. The molecule has 102 valence electrons. The monoisotopic (exact) mass is 289 g/mol. The van der Waals surface area contributed by atoms with Crippen LogP contribution in [0, 0.1) is 21.7 Å². The molecule has 0 bridgehead atoms. The number of carbonyl (C=O) groups is 1. The molecule has 0 aliphatic carbocycles. The lowest BCUT2D eigenvalue weighted by molar-refractivity contribution is -0.387. The summed E-state index contributed by atoms with van der Waals surface area (Å²) in [6.07, 6.45) is 0. The summed E-state index contributed by atoms with van der Waals surface area (Å²) < 4.78 is 26.5. The van der Waals surface area contributed by atoms with Crippen molar-refractivity contribution in [3.8, 4) is 0 Å². The summed E-state index contributed by atoms with van der Waals surface area (Å²) in [6, 6.07) is 0.559. The predicted octanol–water partition coefficient (Wildman–Crippen LogP) is 1.47. The van der Waals surface area contributed by atoms with E-state index in [1.165, 1.54) is 11.8 Å². The highest BCUT2D eigenvalue weighted by Crippen LogP contribution is 2.25. The molecular weight excluding hydrogens is 280 g/mol. The van der Waals surface area contributed by atoms with Gasteiger partial charge in [0.15, 0.2) is 0 Å². The molecule has 0 radical (unpaired) electrons. The number of thioether (sulfide) groups is 1. The van der Waals surface area contributed by atoms with E-state index in [1.807, 2.05) is 0 Å². The van der Waals surface area contributed by atoms with Crippen LogP contribution in [0.5, 0.6) is 0 Å². The van der Waals surface area contributed by atoms with Gasteiger partial charge >= 0.3 is 5.69 Å². The van der Waals surface area contributed by atoms with Crippen LogP contribution in [0.2, 0.25) is 0 Å². The maximum atomic E-state index is 13.4. The Morgan fingerprint density at radius 3 is 2.79 bits per heavy atom. The largest absolute Gasteiger partial charge is 0.322 e. The quantitative estimate of drug-likeness (QED) is 0.650. The molecule has 1 aliphatic rings. The van der Waals surface area contributed by atoms with E-state index < -0.39 is 39.9 Å². The molecule has 2 N–H and O–H groups in total. The lowest BCUT2D eigenvalue weighted by atomic mass is 10.2. The third-order valence-electron chi connectivity index (χ3n) is 2.52. The molecule has 1 heterocycles. The van der Waals surface area contributed by atoms with Gasteiger partial charge < -0.3 is 5.32 Å². The van der Waals surface area contributed by atoms with Crippen molar-refractivity contribution in [1.29, 1.82) is 0 Å². The third-order valence-corrected chi connectivity index (χ3v) is 3.46. The van der Waals surface area contributed by atoms with Crippen LogP contribution in [-0.4, -0.2) is 28.5 Å². The molecule has 19 heavy (non-hydrogen) atoms. The van der Waals surface area contributed by atoms with Gasteiger partial charge in [0.2, 0.25) is 11.7 Å². The first-order chi connectivity index (χ1) is 8.99. The van der Waals surface area contributed by atoms with Gasteiger partial charge in [-0.3, -0.25) is 20.2 Å². The summed E-state index contributed by atoms with van der Waals surface area (Å²) in [5.74, 6) is -1.72. The number of hydrogen-bond donors (Lipinski definition) is 2. The number of nitro groups is 1. The molecule has 0 spiro atoms. The Kier molecular flexibility index (Phi) is 3.96. The minimum atomic E-state index is -1.28. The van der Waals surface area contributed by atoms with Gasteiger partial charge in [0.05, 0.1) is 16.7 Å². The van der Waals surface area contributed by atoms with E-state index in [2.05, 4.69) is 10.6 Å². The number of nitrogens with zero attached hydrogens (tertiary/aromatic N) is 1. The molecule has 1 aromatic rings. The minimum Gasteiger partial charge on any atom is -0.322 e. The van der Waals surface area contributed by atoms with E-state index in [9.17, 15) is 23.7 Å². The van der Waals surface area contributed by atoms with Crippen molar-refractivity contribution >= 4 is 29.0 Å². The summed E-state index contributed by atoms with van der Waals surface area (Å²) in [4.78, 5) is 21.3. The first-order valence-corrected chi connectivity index (χ1v) is 6.40. The van der Waals surface area contributed by atoms with Crippen LogP contribution >= 0.6 is 11.8 Å². The number of nitro benzene ring substituents is 1. The standard InChI is InChI=1S/C10H9F2N3O3S/c11-5-1-6(12)9(15(17)18)2-7(5)14-10(16)8-3-19-4-13-8/h1-2,8,13H,3-4H2,(H,14,16). The number of nitrogens with one attached hydrogen (secondary N) is 2. The van der Waals surface area contributed by atoms with E-state index in [1.54, 1.807) is 0 Å². The molecule has 1 atom stereocenters. The zero-order chi connectivity index (χ0) is 14.0. The van der Waals surface area contributed by atoms with Crippen LogP contribution in [0.25, 0.3) is 0 Å². The van der Waals surface area contributed by atoms with Crippen LogP contribution in [0.4, 0.5) is 20.2 Å². The Bertz CT molecular complexity index is 535. The van der Waals surface area contributed by atoms with Gasteiger partial charge in [-0.15, -0.1) is 11.8 Å². The molecule has 1 aliphatic heterocycles. The van der Waals surface area contributed by atoms with Crippen molar-refractivity contribution in [2.45, 2.75) is 6.04 Å². The molecule has 0 saturated carbocycles. The van der Waals surface area contributed by atoms with E-state index in [4.69, 9.17) is 0 Å². The van der Waals surface area contributed by atoms with Gasteiger partial charge in [-0.1, -0.05) is 0 Å². The van der Waals surface area contributed by atoms with E-state index in [0.29, 0.717) is 23.8 Å². The van der Waals surface area contributed by atoms with Crippen molar-refractivity contribution in [3.05, 3.63) is 33.9 Å². The Morgan fingerprint density at radius 1 is 1.47 bits per heavy atom. The molecule has 2 rings (SSSR count). The van der Waals surface area contributed by atoms with Gasteiger partial charge in [0, 0.05) is 23.8 Å². The second-order valence-corrected chi connectivity index (χ2v) is 4.83. The molecular formula is C10H9F2N3O3S. The Balaban J connectivity index is 2.21. The number of benzene rings is 1. The Labute approximate surface area is 110 Å². The van der Waals surface area contributed by atoms with Gasteiger partial charge in [-0.2, -0.15) is 4.39 Å². The van der Waals surface area contributed by atoms with Crippen molar-refractivity contribution < 1.29 is 18.5 Å². The van der Waals surface area contributed by atoms with Gasteiger partial charge in [-0.05, 0) is 0 Å². The summed E-state index contributed by atoms with van der Waals surface area (Å²) in [5, 5.41) is 15.6. The fourth-order valence-corrected chi connectivity index (χ4v) is 2.50. The SMILES string of the molecule is O=C(Nc1cc([N+](=O)[O-])c(F)cc1F)C1CSCN1. The van der Waals surface area contributed by atoms with Crippen LogP contribution in [0.3, 0.4) is 0 Å². The van der Waals surface area contributed by atoms with Crippen molar-refractivity contribution in [2.24, 2.45) is 0 Å². The van der Waals surface area contributed by atoms with Crippen molar-refractivity contribution in [3.63, 3.8) is 0 Å². The number of amides is 1. The average Bonchev–Trinajstić information content (AvgIpc) is 2.85. The number of rotatable bonds is 3. The lowest BCUT2D eigenvalue weighted by Gasteiger charge is -2.11. The Morgan fingerprint density at radius 2 is 2.21 bits per heavy atom. The first-order valence-electron chi connectivity index (χ1n) is 5.24. The summed E-state index contributed by atoms with van der Waals surface area (Å²) in [6.45, 7) is 0. The maximum absolute atomic E-state index is 13.4. The first kappa shape index (κ1) is 13.7. The van der Waals surface area contributed by atoms with E-state index >= 15 is 0 Å². The number of carbonyl (C=O) groups excluding carboxylic acids is 1.